The normalized spacial score (nSPS) is 23.9. The molecule has 2 N–H and O–H groups in total. The van der Waals surface area contributed by atoms with Crippen LogP contribution in [-0.4, -0.2) is 30.3 Å². The van der Waals surface area contributed by atoms with Gasteiger partial charge in [-0.05, 0) is 86.5 Å². The molecule has 0 amide bonds. The monoisotopic (exact) mass is 575 g/mol. The Kier molecular flexibility index (Phi) is 8.85. The molecule has 0 aliphatic heterocycles. The first kappa shape index (κ1) is 30.3. The molecule has 2 aliphatic carbocycles. The molecule has 2 saturated carbocycles. The number of aliphatic carboxylic acids is 1. The van der Waals surface area contributed by atoms with Crippen LogP contribution in [0, 0.1) is 17.2 Å². The molecule has 11 heteroatoms. The lowest BCUT2D eigenvalue weighted by Gasteiger charge is -2.30. The lowest BCUT2D eigenvalue weighted by Crippen LogP contribution is -2.41. The molecule has 0 aromatic heterocycles. The highest BCUT2D eigenvalue weighted by molar-refractivity contribution is 5.75. The van der Waals surface area contributed by atoms with Gasteiger partial charge in [0.2, 0.25) is 0 Å². The molecule has 0 heterocycles. The van der Waals surface area contributed by atoms with E-state index in [1.54, 1.807) is 12.1 Å². The molecule has 40 heavy (non-hydrogen) atoms. The van der Waals surface area contributed by atoms with E-state index in [1.165, 1.54) is 19.1 Å². The van der Waals surface area contributed by atoms with Crippen LogP contribution in [0.4, 0.5) is 30.7 Å². The summed E-state index contributed by atoms with van der Waals surface area (Å²) in [5, 5.41) is 13.1. The van der Waals surface area contributed by atoms with Crippen molar-refractivity contribution >= 4 is 5.97 Å². The molecule has 2 fully saturated rings. The highest BCUT2D eigenvalue weighted by Gasteiger charge is 2.43. The van der Waals surface area contributed by atoms with Crippen LogP contribution in [-0.2, 0) is 21.9 Å². The van der Waals surface area contributed by atoms with Crippen molar-refractivity contribution in [3.8, 4) is 0 Å². The van der Waals surface area contributed by atoms with Crippen molar-refractivity contribution < 1.29 is 45.4 Å². The predicted octanol–water partition coefficient (Wildman–Crippen LogP) is 7.74. The van der Waals surface area contributed by atoms with Gasteiger partial charge in [0.15, 0.2) is 0 Å². The van der Waals surface area contributed by atoms with Crippen LogP contribution in [0.25, 0.3) is 0 Å². The van der Waals surface area contributed by atoms with E-state index >= 15 is 0 Å². The van der Waals surface area contributed by atoms with Gasteiger partial charge in [0.25, 0.3) is 0 Å². The smallest absolute Gasteiger partial charge is 0.416 e. The number of alkyl halides is 6. The molecule has 4 rings (SSSR count). The zero-order valence-electron chi connectivity index (χ0n) is 21.9. The van der Waals surface area contributed by atoms with Gasteiger partial charge in [0, 0.05) is 12.5 Å². The Morgan fingerprint density at radius 3 is 2.10 bits per heavy atom. The minimum absolute atomic E-state index is 0.0674. The van der Waals surface area contributed by atoms with Crippen molar-refractivity contribution in [3.63, 3.8) is 0 Å². The molecule has 220 valence electrons. The fourth-order valence-electron chi connectivity index (χ4n) is 6.16. The van der Waals surface area contributed by atoms with Gasteiger partial charge in [-0.2, -0.15) is 26.3 Å². The van der Waals surface area contributed by atoms with Crippen molar-refractivity contribution in [2.24, 2.45) is 11.3 Å². The summed E-state index contributed by atoms with van der Waals surface area (Å²) in [6.45, 7) is 2.15. The number of carboxylic acid groups (broad SMARTS) is 1. The number of benzene rings is 2. The van der Waals surface area contributed by atoms with Gasteiger partial charge in [0.1, 0.15) is 5.82 Å². The average molecular weight is 576 g/mol. The van der Waals surface area contributed by atoms with E-state index in [4.69, 9.17) is 4.74 Å². The average Bonchev–Trinajstić information content (AvgIpc) is 3.51. The predicted molar refractivity (Wildman–Crippen MR) is 133 cm³/mol. The van der Waals surface area contributed by atoms with Gasteiger partial charge >= 0.3 is 18.3 Å². The van der Waals surface area contributed by atoms with Crippen molar-refractivity contribution in [3.05, 3.63) is 70.5 Å². The summed E-state index contributed by atoms with van der Waals surface area (Å²) >= 11 is 0. The third-order valence-electron chi connectivity index (χ3n) is 8.33. The van der Waals surface area contributed by atoms with Gasteiger partial charge in [-0.15, -0.1) is 0 Å². The Hall–Kier alpha value is -2.66. The molecule has 0 saturated heterocycles. The van der Waals surface area contributed by atoms with E-state index in [9.17, 15) is 40.6 Å². The molecule has 4 atom stereocenters. The zero-order chi connectivity index (χ0) is 29.3. The van der Waals surface area contributed by atoms with Gasteiger partial charge in [-0.3, -0.25) is 4.79 Å². The van der Waals surface area contributed by atoms with E-state index in [0.29, 0.717) is 50.9 Å². The minimum Gasteiger partial charge on any atom is -0.481 e. The van der Waals surface area contributed by atoms with Crippen LogP contribution >= 0.6 is 0 Å². The lowest BCUT2D eigenvalue weighted by atomic mass is 9.85. The van der Waals surface area contributed by atoms with E-state index in [2.05, 4.69) is 5.32 Å². The topological polar surface area (TPSA) is 58.6 Å². The minimum atomic E-state index is -4.97. The van der Waals surface area contributed by atoms with Crippen LogP contribution in [0.1, 0.15) is 79.7 Å². The van der Waals surface area contributed by atoms with Crippen LogP contribution in [0.5, 0.6) is 0 Å². The molecule has 2 aliphatic rings. The second-order valence-electron chi connectivity index (χ2n) is 11.0. The van der Waals surface area contributed by atoms with Crippen molar-refractivity contribution in [2.75, 3.05) is 13.1 Å². The number of rotatable bonds is 9. The standard InChI is InChI=1S/C29H32F7NO3/c1-17(20-12-21(28(31,32)33)14-22(13-20)29(34,35)36)40-24-9-6-19(25(24)18-4-7-23(30)8-5-18)15-37-16-27(26(38)39)10-2-3-11-27/h4-5,7-8,12-14,17,19,24-25,37H,2-3,6,9-11,15-16H2,1H3,(H,38,39)/t17-,19?,24?,25?/m0/s1. The third-order valence-corrected chi connectivity index (χ3v) is 8.33. The molecule has 0 bridgehead atoms. The quantitative estimate of drug-likeness (QED) is 0.301. The number of ether oxygens (including phenoxy) is 1. The number of hydrogen-bond donors (Lipinski definition) is 2. The summed E-state index contributed by atoms with van der Waals surface area (Å²) < 4.78 is 100. The highest BCUT2D eigenvalue weighted by atomic mass is 19.4. The summed E-state index contributed by atoms with van der Waals surface area (Å²) in [6, 6.07) is 7.21. The van der Waals surface area contributed by atoms with Crippen molar-refractivity contribution in [1.82, 2.24) is 5.32 Å². The first-order valence-corrected chi connectivity index (χ1v) is 13.3. The van der Waals surface area contributed by atoms with Gasteiger partial charge in [-0.1, -0.05) is 25.0 Å². The second kappa shape index (κ2) is 11.7. The Bertz CT molecular complexity index is 1140. The van der Waals surface area contributed by atoms with Crippen LogP contribution in [0.3, 0.4) is 0 Å². The molecule has 3 unspecified atom stereocenters. The number of hydrogen-bond acceptors (Lipinski definition) is 3. The van der Waals surface area contributed by atoms with E-state index in [0.717, 1.165) is 18.4 Å². The maximum Gasteiger partial charge on any atom is 0.416 e. The number of carbonyl (C=O) groups is 1. The zero-order valence-corrected chi connectivity index (χ0v) is 21.9. The van der Waals surface area contributed by atoms with E-state index in [1.807, 2.05) is 0 Å². The Labute approximate surface area is 227 Å². The Morgan fingerprint density at radius 1 is 1.00 bits per heavy atom. The number of halogens is 7. The summed E-state index contributed by atoms with van der Waals surface area (Å²) in [7, 11) is 0. The van der Waals surface area contributed by atoms with Crippen molar-refractivity contribution in [2.45, 2.75) is 75.9 Å². The number of carboxylic acids is 1. The fraction of sp³-hybridized carbons (Fsp3) is 0.552. The Balaban J connectivity index is 1.55. The summed E-state index contributed by atoms with van der Waals surface area (Å²) in [5.41, 5.74) is -3.15. The highest BCUT2D eigenvalue weighted by Crippen LogP contribution is 2.45. The van der Waals surface area contributed by atoms with Crippen LogP contribution < -0.4 is 5.32 Å². The summed E-state index contributed by atoms with van der Waals surface area (Å²) in [6.07, 6.45) is -7.62. The van der Waals surface area contributed by atoms with Crippen LogP contribution in [0.15, 0.2) is 42.5 Å². The number of nitrogens with one attached hydrogen (secondary N) is 1. The third kappa shape index (κ3) is 6.79. The molecule has 4 nitrogen and oxygen atoms in total. The van der Waals surface area contributed by atoms with E-state index < -0.39 is 52.9 Å². The van der Waals surface area contributed by atoms with Gasteiger partial charge in [-0.25, -0.2) is 4.39 Å². The van der Waals surface area contributed by atoms with E-state index in [-0.39, 0.29) is 23.5 Å². The fourth-order valence-corrected chi connectivity index (χ4v) is 6.16. The lowest BCUT2D eigenvalue weighted by molar-refractivity contribution is -0.148. The largest absolute Gasteiger partial charge is 0.481 e. The van der Waals surface area contributed by atoms with Gasteiger partial charge < -0.3 is 15.2 Å². The molecular weight excluding hydrogens is 543 g/mol. The molecule has 2 aromatic carbocycles. The SMILES string of the molecule is C[C@H](OC1CCC(CNCC2(C(=O)O)CCCC2)C1c1ccc(F)cc1)c1cc(C(F)(F)F)cc(C(F)(F)F)c1. The maximum absolute atomic E-state index is 13.7. The Morgan fingerprint density at radius 2 is 1.57 bits per heavy atom. The molecule has 0 radical (unpaired) electrons. The van der Waals surface area contributed by atoms with Gasteiger partial charge in [0.05, 0.1) is 28.7 Å². The molecular formula is C29H32F7NO3. The first-order valence-electron chi connectivity index (χ1n) is 13.3. The van der Waals surface area contributed by atoms with Crippen molar-refractivity contribution in [1.29, 1.82) is 0 Å². The molecule has 0 spiro atoms. The molecule has 2 aromatic rings. The first-order chi connectivity index (χ1) is 18.7. The maximum atomic E-state index is 13.7. The summed E-state index contributed by atoms with van der Waals surface area (Å²) in [4.78, 5) is 11.9. The van der Waals surface area contributed by atoms with Crippen LogP contribution in [0.2, 0.25) is 0 Å². The second-order valence-corrected chi connectivity index (χ2v) is 11.0. The summed E-state index contributed by atoms with van der Waals surface area (Å²) in [5.74, 6) is -1.68.